The van der Waals surface area contributed by atoms with E-state index < -0.39 is 0 Å². The fraction of sp³-hybridized carbons (Fsp3) is 0.526. The van der Waals surface area contributed by atoms with Crippen LogP contribution in [0.3, 0.4) is 0 Å². The molecule has 7 heteroatoms. The summed E-state index contributed by atoms with van der Waals surface area (Å²) in [4.78, 5) is 38.2. The molecule has 1 aliphatic heterocycles. The second kappa shape index (κ2) is 9.71. The Morgan fingerprint density at radius 3 is 2.77 bits per heavy atom. The number of carbonyl (C=O) groups is 3. The Hall–Kier alpha value is -1.89. The van der Waals surface area contributed by atoms with E-state index in [-0.39, 0.29) is 30.2 Å². The lowest BCUT2D eigenvalue weighted by Gasteiger charge is -2.32. The molecule has 1 aromatic rings. The molecule has 1 aromatic carbocycles. The quantitative estimate of drug-likeness (QED) is 0.737. The van der Waals surface area contributed by atoms with E-state index in [1.54, 1.807) is 4.90 Å². The normalized spacial score (nSPS) is 16.9. The number of aryl methyl sites for hydroxylation is 1. The molecular formula is C19H26BrN3O3. The number of benzene rings is 1. The fourth-order valence-electron chi connectivity index (χ4n) is 3.06. The molecule has 1 saturated heterocycles. The second-order valence-electron chi connectivity index (χ2n) is 6.65. The average Bonchev–Trinajstić information content (AvgIpc) is 2.62. The highest BCUT2D eigenvalue weighted by atomic mass is 79.9. The van der Waals surface area contributed by atoms with Gasteiger partial charge in [0.2, 0.25) is 17.7 Å². The van der Waals surface area contributed by atoms with E-state index in [1.165, 1.54) is 0 Å². The van der Waals surface area contributed by atoms with Crippen LogP contribution in [0.1, 0.15) is 38.2 Å². The van der Waals surface area contributed by atoms with Gasteiger partial charge in [0.25, 0.3) is 0 Å². The maximum atomic E-state index is 12.4. The zero-order valence-electron chi connectivity index (χ0n) is 15.3. The number of hydrogen-bond acceptors (Lipinski definition) is 3. The molecule has 1 heterocycles. The van der Waals surface area contributed by atoms with Crippen molar-refractivity contribution in [3.05, 3.63) is 28.2 Å². The van der Waals surface area contributed by atoms with E-state index in [9.17, 15) is 14.4 Å². The van der Waals surface area contributed by atoms with E-state index in [1.807, 2.05) is 32.0 Å². The number of carbonyl (C=O) groups excluding carboxylic acids is 3. The number of amides is 3. The van der Waals surface area contributed by atoms with E-state index in [2.05, 4.69) is 26.6 Å². The van der Waals surface area contributed by atoms with Crippen LogP contribution in [0.2, 0.25) is 0 Å². The first-order valence-corrected chi connectivity index (χ1v) is 9.81. The van der Waals surface area contributed by atoms with Crippen molar-refractivity contribution in [3.63, 3.8) is 0 Å². The van der Waals surface area contributed by atoms with Crippen LogP contribution in [-0.2, 0) is 14.4 Å². The molecular weight excluding hydrogens is 398 g/mol. The van der Waals surface area contributed by atoms with Crippen LogP contribution in [0.15, 0.2) is 22.7 Å². The minimum absolute atomic E-state index is 0.0757. The standard InChI is InChI=1S/C19H26BrN3O3/c1-3-5-18(25)23-9-4-6-14(12-23)19(26)21-11-17(24)22-16-8-7-15(20)10-13(16)2/h7-8,10,14H,3-6,9,11-12H2,1-2H3,(H,21,26)(H,22,24). The van der Waals surface area contributed by atoms with Gasteiger partial charge in [-0.05, 0) is 49.9 Å². The van der Waals surface area contributed by atoms with Gasteiger partial charge in [-0.3, -0.25) is 14.4 Å². The molecule has 2 N–H and O–H groups in total. The molecule has 142 valence electrons. The van der Waals surface area contributed by atoms with Crippen molar-refractivity contribution >= 4 is 39.3 Å². The predicted molar refractivity (Wildman–Crippen MR) is 105 cm³/mol. The largest absolute Gasteiger partial charge is 0.347 e. The summed E-state index contributed by atoms with van der Waals surface area (Å²) in [5.41, 5.74) is 1.66. The lowest BCUT2D eigenvalue weighted by molar-refractivity contribution is -0.136. The smallest absolute Gasteiger partial charge is 0.243 e. The summed E-state index contributed by atoms with van der Waals surface area (Å²) in [7, 11) is 0. The second-order valence-corrected chi connectivity index (χ2v) is 7.57. The van der Waals surface area contributed by atoms with Crippen molar-refractivity contribution in [1.82, 2.24) is 10.2 Å². The Bertz CT molecular complexity index is 678. The van der Waals surface area contributed by atoms with Crippen LogP contribution >= 0.6 is 15.9 Å². The summed E-state index contributed by atoms with van der Waals surface area (Å²) in [6.07, 6.45) is 2.89. The lowest BCUT2D eigenvalue weighted by Crippen LogP contribution is -2.46. The Morgan fingerprint density at radius 2 is 2.08 bits per heavy atom. The number of rotatable bonds is 6. The lowest BCUT2D eigenvalue weighted by atomic mass is 9.96. The van der Waals surface area contributed by atoms with Gasteiger partial charge in [-0.1, -0.05) is 22.9 Å². The topological polar surface area (TPSA) is 78.5 Å². The monoisotopic (exact) mass is 423 g/mol. The molecule has 0 aliphatic carbocycles. The maximum absolute atomic E-state index is 12.4. The molecule has 0 saturated carbocycles. The molecule has 1 unspecified atom stereocenters. The zero-order chi connectivity index (χ0) is 19.1. The molecule has 1 aliphatic rings. The van der Waals surface area contributed by atoms with Gasteiger partial charge in [-0.15, -0.1) is 0 Å². The molecule has 1 fully saturated rings. The summed E-state index contributed by atoms with van der Waals surface area (Å²) >= 11 is 3.38. The van der Waals surface area contributed by atoms with Crippen LogP contribution in [0.5, 0.6) is 0 Å². The first kappa shape index (κ1) is 20.4. The van der Waals surface area contributed by atoms with Gasteiger partial charge in [0.1, 0.15) is 0 Å². The molecule has 0 aromatic heterocycles. The average molecular weight is 424 g/mol. The van der Waals surface area contributed by atoms with Crippen molar-refractivity contribution in [2.24, 2.45) is 5.92 Å². The van der Waals surface area contributed by atoms with Crippen molar-refractivity contribution < 1.29 is 14.4 Å². The van der Waals surface area contributed by atoms with E-state index in [0.717, 1.165) is 35.0 Å². The van der Waals surface area contributed by atoms with E-state index in [4.69, 9.17) is 0 Å². The Kier molecular flexibility index (Phi) is 7.63. The van der Waals surface area contributed by atoms with Gasteiger partial charge >= 0.3 is 0 Å². The summed E-state index contributed by atoms with van der Waals surface area (Å²) in [5.74, 6) is -0.569. The van der Waals surface area contributed by atoms with Gasteiger partial charge < -0.3 is 15.5 Å². The van der Waals surface area contributed by atoms with Crippen molar-refractivity contribution in [3.8, 4) is 0 Å². The summed E-state index contributed by atoms with van der Waals surface area (Å²) in [5, 5.41) is 5.50. The first-order valence-electron chi connectivity index (χ1n) is 9.02. The van der Waals surface area contributed by atoms with Crippen LogP contribution in [0.4, 0.5) is 5.69 Å². The molecule has 26 heavy (non-hydrogen) atoms. The maximum Gasteiger partial charge on any atom is 0.243 e. The molecule has 0 radical (unpaired) electrons. The van der Waals surface area contributed by atoms with Gasteiger partial charge in [0.05, 0.1) is 12.5 Å². The fourth-order valence-corrected chi connectivity index (χ4v) is 3.54. The summed E-state index contributed by atoms with van der Waals surface area (Å²) in [6, 6.07) is 5.58. The van der Waals surface area contributed by atoms with Crippen molar-refractivity contribution in [1.29, 1.82) is 0 Å². The van der Waals surface area contributed by atoms with E-state index in [0.29, 0.717) is 19.5 Å². The number of piperidine rings is 1. The number of anilines is 1. The van der Waals surface area contributed by atoms with Gasteiger partial charge in [-0.25, -0.2) is 0 Å². The zero-order valence-corrected chi connectivity index (χ0v) is 16.9. The van der Waals surface area contributed by atoms with Crippen LogP contribution in [-0.4, -0.2) is 42.3 Å². The molecule has 2 rings (SSSR count). The van der Waals surface area contributed by atoms with E-state index >= 15 is 0 Å². The van der Waals surface area contributed by atoms with Crippen molar-refractivity contribution in [2.75, 3.05) is 25.0 Å². The highest BCUT2D eigenvalue weighted by molar-refractivity contribution is 9.10. The van der Waals surface area contributed by atoms with Gasteiger partial charge in [0, 0.05) is 29.7 Å². The molecule has 6 nitrogen and oxygen atoms in total. The third-order valence-corrected chi connectivity index (χ3v) is 4.99. The molecule has 0 spiro atoms. The first-order chi connectivity index (χ1) is 12.4. The number of hydrogen-bond donors (Lipinski definition) is 2. The van der Waals surface area contributed by atoms with Crippen LogP contribution < -0.4 is 10.6 Å². The number of nitrogens with one attached hydrogen (secondary N) is 2. The SMILES string of the molecule is CCCC(=O)N1CCCC(C(=O)NCC(=O)Nc2ccc(Br)cc2C)C1. The summed E-state index contributed by atoms with van der Waals surface area (Å²) in [6.45, 7) is 4.96. The number of likely N-dealkylation sites (tertiary alicyclic amines) is 1. The van der Waals surface area contributed by atoms with Gasteiger partial charge in [-0.2, -0.15) is 0 Å². The molecule has 0 bridgehead atoms. The number of halogens is 1. The van der Waals surface area contributed by atoms with Crippen LogP contribution in [0.25, 0.3) is 0 Å². The Balaban J connectivity index is 1.81. The highest BCUT2D eigenvalue weighted by Gasteiger charge is 2.28. The Labute approximate surface area is 162 Å². The third kappa shape index (κ3) is 5.83. The predicted octanol–water partition coefficient (Wildman–Crippen LogP) is 2.85. The summed E-state index contributed by atoms with van der Waals surface area (Å²) < 4.78 is 0.945. The van der Waals surface area contributed by atoms with Crippen LogP contribution in [0, 0.1) is 12.8 Å². The minimum atomic E-state index is -0.265. The third-order valence-electron chi connectivity index (χ3n) is 4.49. The van der Waals surface area contributed by atoms with Crippen molar-refractivity contribution in [2.45, 2.75) is 39.5 Å². The van der Waals surface area contributed by atoms with Gasteiger partial charge in [0.15, 0.2) is 0 Å². The molecule has 3 amide bonds. The molecule has 1 atom stereocenters. The Morgan fingerprint density at radius 1 is 1.31 bits per heavy atom. The highest BCUT2D eigenvalue weighted by Crippen LogP contribution is 2.20. The minimum Gasteiger partial charge on any atom is -0.347 e. The number of nitrogens with zero attached hydrogens (tertiary/aromatic N) is 1.